The zero-order valence-corrected chi connectivity index (χ0v) is 16.6. The molecule has 0 atom stereocenters. The van der Waals surface area contributed by atoms with Crippen LogP contribution in [0.15, 0.2) is 63.3 Å². The predicted octanol–water partition coefficient (Wildman–Crippen LogP) is -1.20. The number of hydrogen-bond donors (Lipinski definition) is 0. The Hall–Kier alpha value is -1.62. The van der Waals surface area contributed by atoms with Crippen LogP contribution in [0, 0.1) is 0 Å². The van der Waals surface area contributed by atoms with Crippen molar-refractivity contribution in [3.63, 3.8) is 0 Å². The van der Waals surface area contributed by atoms with Crippen LogP contribution in [0.5, 0.6) is 0 Å². The normalized spacial score (nSPS) is 9.50. The predicted molar refractivity (Wildman–Crippen MR) is 99.7 cm³/mol. The van der Waals surface area contributed by atoms with Crippen molar-refractivity contribution < 1.29 is 31.3 Å². The van der Waals surface area contributed by atoms with Crippen molar-refractivity contribution >= 4 is 5.97 Å². The van der Waals surface area contributed by atoms with E-state index in [4.69, 9.17) is 9.90 Å². The molecule has 0 N–H and O–H groups in total. The molecular formula is C19H35ClN2O2. The van der Waals surface area contributed by atoms with Crippen molar-refractivity contribution in [3.8, 4) is 0 Å². The van der Waals surface area contributed by atoms with Gasteiger partial charge in [0.1, 0.15) is 0 Å². The average Bonchev–Trinajstić information content (AvgIpc) is 2.39. The second-order valence-corrected chi connectivity index (χ2v) is 6.28. The Labute approximate surface area is 155 Å². The summed E-state index contributed by atoms with van der Waals surface area (Å²) < 4.78 is 1.90. The van der Waals surface area contributed by atoms with Crippen LogP contribution in [-0.2, 0) is 4.79 Å². The van der Waals surface area contributed by atoms with E-state index in [0.29, 0.717) is 0 Å². The zero-order chi connectivity index (χ0) is 18.9. The van der Waals surface area contributed by atoms with Gasteiger partial charge in [0.05, 0.1) is 60.3 Å². The number of hydrogen-bond acceptors (Lipinski definition) is 2. The van der Waals surface area contributed by atoms with Gasteiger partial charge in [-0.3, -0.25) is 0 Å². The average molecular weight is 359 g/mol. The van der Waals surface area contributed by atoms with Gasteiger partial charge in [0.2, 0.25) is 0 Å². The van der Waals surface area contributed by atoms with Crippen LogP contribution in [0.1, 0.15) is 0 Å². The molecule has 0 bridgehead atoms. The molecule has 4 nitrogen and oxygen atoms in total. The molecule has 0 aromatic heterocycles. The first-order chi connectivity index (χ1) is 10.5. The second-order valence-electron chi connectivity index (χ2n) is 6.28. The smallest absolute Gasteiger partial charge is 0.0969 e. The molecule has 0 aromatic rings. The summed E-state index contributed by atoms with van der Waals surface area (Å²) in [6.07, 6.45) is 8.46. The van der Waals surface area contributed by atoms with E-state index in [9.17, 15) is 0 Å². The summed E-state index contributed by atoms with van der Waals surface area (Å²) in [6, 6.07) is 0. The van der Waals surface area contributed by atoms with Crippen molar-refractivity contribution in [1.29, 1.82) is 0 Å². The van der Waals surface area contributed by atoms with Gasteiger partial charge >= 0.3 is 0 Å². The quantitative estimate of drug-likeness (QED) is 0.295. The van der Waals surface area contributed by atoms with E-state index in [1.807, 2.05) is 24.3 Å². The van der Waals surface area contributed by atoms with Gasteiger partial charge in [-0.05, 0) is 30.4 Å². The summed E-state index contributed by atoms with van der Waals surface area (Å²) in [5.41, 5.74) is 0. The summed E-state index contributed by atoms with van der Waals surface area (Å²) in [6.45, 7) is 21.6. The second kappa shape index (κ2) is 17.7. The highest BCUT2D eigenvalue weighted by Gasteiger charge is 2.08. The molecule has 0 radical (unpaired) electrons. The summed E-state index contributed by atoms with van der Waals surface area (Å²) in [4.78, 5) is 9.14. The minimum Gasteiger partial charge on any atom is -1.00 e. The van der Waals surface area contributed by atoms with E-state index in [1.54, 1.807) is 0 Å². The van der Waals surface area contributed by atoms with Crippen molar-refractivity contribution in [2.24, 2.45) is 0 Å². The Balaban J connectivity index is -0.000000128. The lowest BCUT2D eigenvalue weighted by atomic mass is 10.4. The minimum atomic E-state index is -1.23. The van der Waals surface area contributed by atoms with Gasteiger partial charge in [0.25, 0.3) is 0 Å². The first-order valence-corrected chi connectivity index (χ1v) is 7.42. The lowest BCUT2D eigenvalue weighted by Crippen LogP contribution is -3.00. The van der Waals surface area contributed by atoms with E-state index in [0.717, 1.165) is 41.2 Å². The summed E-state index contributed by atoms with van der Waals surface area (Å²) in [5, 5.41) is 9.14. The minimum absolute atomic E-state index is 0. The fourth-order valence-corrected chi connectivity index (χ4v) is 1.55. The fourth-order valence-electron chi connectivity index (χ4n) is 1.55. The Bertz CT molecular complexity index is 337. The van der Waals surface area contributed by atoms with Gasteiger partial charge in [0.15, 0.2) is 0 Å². The molecule has 0 spiro atoms. The van der Waals surface area contributed by atoms with Crippen LogP contribution in [0.25, 0.3) is 0 Å². The van der Waals surface area contributed by atoms with Gasteiger partial charge in [0, 0.05) is 0 Å². The van der Waals surface area contributed by atoms with E-state index in [2.05, 4.69) is 61.1 Å². The van der Waals surface area contributed by atoms with Gasteiger partial charge in [-0.15, -0.1) is 0 Å². The lowest BCUT2D eigenvalue weighted by Gasteiger charge is -2.26. The maximum Gasteiger partial charge on any atom is 0.0969 e. The van der Waals surface area contributed by atoms with Crippen LogP contribution in [0.4, 0.5) is 0 Å². The third-order valence-electron chi connectivity index (χ3n) is 2.66. The molecule has 140 valence electrons. The molecule has 0 fully saturated rings. The SMILES string of the molecule is C=CC(=O)[O-].C=CC[N+](C)(C)CC=C.C=CC[N+](C)(C)CC=C.[Cl-]. The van der Waals surface area contributed by atoms with Crippen molar-refractivity contribution in [1.82, 2.24) is 0 Å². The standard InChI is InChI=1S/2C8H16N.C3H4O2.ClH/c2*1-5-7-9(3,4)8-6-2;1-2-3(4)5;/h2*5-6H,1-2,7-8H2,3-4H3;2H,1H2,(H,4,5);1H/q2*+1;;/p-2. The van der Waals surface area contributed by atoms with E-state index >= 15 is 0 Å². The van der Waals surface area contributed by atoms with E-state index < -0.39 is 5.97 Å². The summed E-state index contributed by atoms with van der Waals surface area (Å²) >= 11 is 0. The summed E-state index contributed by atoms with van der Waals surface area (Å²) in [5.74, 6) is -1.23. The van der Waals surface area contributed by atoms with Crippen molar-refractivity contribution in [3.05, 3.63) is 63.3 Å². The molecule has 5 heteroatoms. The third kappa shape index (κ3) is 28.5. The number of rotatable bonds is 9. The van der Waals surface area contributed by atoms with Crippen molar-refractivity contribution in [2.45, 2.75) is 0 Å². The molecule has 0 unspecified atom stereocenters. The molecule has 0 aliphatic carbocycles. The first kappa shape index (κ1) is 30.3. The molecule has 0 aliphatic rings. The molecule has 0 rings (SSSR count). The molecule has 0 aliphatic heterocycles. The number of carboxylic acids is 1. The largest absolute Gasteiger partial charge is 1.00 e. The fraction of sp³-hybridized carbons (Fsp3) is 0.421. The third-order valence-corrected chi connectivity index (χ3v) is 2.66. The highest BCUT2D eigenvalue weighted by atomic mass is 35.5. The molecular weight excluding hydrogens is 324 g/mol. The number of carbonyl (C=O) groups is 1. The topological polar surface area (TPSA) is 40.1 Å². The number of aliphatic carboxylic acids is 1. The number of nitrogens with zero attached hydrogens (tertiary/aromatic N) is 2. The van der Waals surface area contributed by atoms with E-state index in [1.165, 1.54) is 0 Å². The summed E-state index contributed by atoms with van der Waals surface area (Å²) in [7, 11) is 8.62. The molecule has 0 amide bonds. The van der Waals surface area contributed by atoms with Crippen LogP contribution < -0.4 is 17.5 Å². The highest BCUT2D eigenvalue weighted by molar-refractivity contribution is 5.76. The van der Waals surface area contributed by atoms with Gasteiger partial charge in [-0.2, -0.15) is 0 Å². The lowest BCUT2D eigenvalue weighted by molar-refractivity contribution is -0.878. The Morgan fingerprint density at radius 3 is 1.00 bits per heavy atom. The molecule has 24 heavy (non-hydrogen) atoms. The molecule has 0 aromatic carbocycles. The Morgan fingerprint density at radius 2 is 0.917 bits per heavy atom. The van der Waals surface area contributed by atoms with Crippen molar-refractivity contribution in [2.75, 3.05) is 54.4 Å². The van der Waals surface area contributed by atoms with Gasteiger partial charge in [-0.25, -0.2) is 0 Å². The highest BCUT2D eigenvalue weighted by Crippen LogP contribution is 1.95. The number of halogens is 1. The van der Waals surface area contributed by atoms with Gasteiger partial charge < -0.3 is 31.3 Å². The van der Waals surface area contributed by atoms with Crippen LogP contribution in [0.3, 0.4) is 0 Å². The number of likely N-dealkylation sites (N-methyl/N-ethyl adjacent to an activating group) is 2. The van der Waals surface area contributed by atoms with Crippen LogP contribution in [-0.4, -0.2) is 69.3 Å². The Kier molecular flexibility index (Phi) is 22.4. The zero-order valence-electron chi connectivity index (χ0n) is 15.8. The maximum absolute atomic E-state index is 9.14. The molecule has 0 saturated carbocycles. The number of carbonyl (C=O) groups excluding carboxylic acids is 1. The Morgan fingerprint density at radius 1 is 0.750 bits per heavy atom. The molecule has 0 heterocycles. The number of quaternary nitrogens is 2. The van der Waals surface area contributed by atoms with Crippen LogP contribution >= 0.6 is 0 Å². The van der Waals surface area contributed by atoms with Gasteiger partial charge in [-0.1, -0.05) is 32.9 Å². The number of carboxylic acid groups (broad SMARTS) is 1. The van der Waals surface area contributed by atoms with Crippen LogP contribution in [0.2, 0.25) is 0 Å². The monoisotopic (exact) mass is 358 g/mol. The van der Waals surface area contributed by atoms with E-state index in [-0.39, 0.29) is 12.4 Å². The molecule has 0 saturated heterocycles. The maximum atomic E-state index is 9.14. The first-order valence-electron chi connectivity index (χ1n) is 7.42.